The van der Waals surface area contributed by atoms with Crippen molar-refractivity contribution in [3.63, 3.8) is 0 Å². The molecule has 0 aromatic rings. The van der Waals surface area contributed by atoms with Gasteiger partial charge in [-0.1, -0.05) is 74.3 Å². The van der Waals surface area contributed by atoms with Crippen molar-refractivity contribution in [3.8, 4) is 0 Å². The maximum atomic E-state index is 13.0. The van der Waals surface area contributed by atoms with Crippen LogP contribution in [0.3, 0.4) is 0 Å². The van der Waals surface area contributed by atoms with Crippen LogP contribution in [0.5, 0.6) is 0 Å². The van der Waals surface area contributed by atoms with Gasteiger partial charge in [-0.25, -0.2) is 52.7 Å². The summed E-state index contributed by atoms with van der Waals surface area (Å²) in [6.45, 7) is 22.5. The summed E-state index contributed by atoms with van der Waals surface area (Å²) < 4.78 is 185. The van der Waals surface area contributed by atoms with Crippen molar-refractivity contribution in [1.29, 1.82) is 0 Å². The molecule has 52 atom stereocenters. The molecule has 0 radical (unpaired) electrons. The van der Waals surface area contributed by atoms with E-state index in [1.54, 1.807) is 27.9 Å². The van der Waals surface area contributed by atoms with E-state index < -0.39 is 80.8 Å². The molecule has 0 amide bonds. The Balaban J connectivity index is 0.000000116. The van der Waals surface area contributed by atoms with Gasteiger partial charge in [0.15, 0.2) is 0 Å². The molecule has 28 aliphatic carbocycles. The van der Waals surface area contributed by atoms with Crippen LogP contribution < -0.4 is 0 Å². The van der Waals surface area contributed by atoms with Crippen molar-refractivity contribution in [2.75, 3.05) is 41.2 Å². The van der Waals surface area contributed by atoms with E-state index >= 15 is 0 Å². The van der Waals surface area contributed by atoms with Crippen LogP contribution in [0, 0.1) is 332 Å². The maximum absolute atomic E-state index is 13.0. The predicted octanol–water partition coefficient (Wildman–Crippen LogP) is 28.3. The fourth-order valence-electron chi connectivity index (χ4n) is 45.7. The van der Waals surface area contributed by atoms with Gasteiger partial charge < -0.3 is 47.0 Å². The SMILES string of the molecule is CCO[Si](C)(OCC)OCC.CO[Si](C)(OC)OC.C[Si](C)(C)C.C[Si](Cl)(Cl)Cl.O[C-](CC1CC2CC1C1C3CC(C21)C1C2CC(C4C5CCC(C5)C24)C31)C(F)(F)F.O[C-](CC1CC2CC1C1C3CC(C21)C1C2CC(C4C5CCC(C5)C24)C31)C(F)(F)F.O[C-](CC1CC2CC1C1C3CC(C4C5CCC(C5)C34)C21)C(F)(F)F.O[C-](CC1CC2CC1C1C3CC(C4C5CCC(C5)C34)C21)C(F)(F)F.[Rf].[Rf].[Rf].[Rf]. The molecule has 28 saturated carbocycles. The predicted molar refractivity (Wildman–Crippen MR) is 502 cm³/mol. The van der Waals surface area contributed by atoms with Crippen LogP contribution in [0.4, 0.5) is 52.7 Å². The van der Waals surface area contributed by atoms with Gasteiger partial charge in [0.25, 0.3) is 24.7 Å². The monoisotopic (exact) mass is 3110 g/mol. The third kappa shape index (κ3) is 17.7. The van der Waals surface area contributed by atoms with Gasteiger partial charge >= 0.3 is 23.6 Å². The molecule has 28 fully saturated rings. The Kier molecular flexibility index (Phi) is 29.1. The normalized spacial score (nSPS) is 50.2. The fourth-order valence-corrected chi connectivity index (χ4v) is 48.1. The van der Waals surface area contributed by atoms with Gasteiger partial charge in [-0.3, -0.25) is 0 Å². The Morgan fingerprint density at radius 1 is 0.237 bits per heavy atom. The number of fused-ring (bicyclic) bond motifs is 78. The van der Waals surface area contributed by atoms with Gasteiger partial charge in [0, 0.05) is 62.3 Å². The largest absolute Gasteiger partial charge is 0.554 e. The summed E-state index contributed by atoms with van der Waals surface area (Å²) >= 11 is 15.6. The van der Waals surface area contributed by atoms with Crippen molar-refractivity contribution >= 4 is 64.9 Å². The zero-order chi connectivity index (χ0) is 95.9. The van der Waals surface area contributed by atoms with Gasteiger partial charge in [-0.2, -0.15) is 0 Å². The molecule has 10 nitrogen and oxygen atoms in total. The summed E-state index contributed by atoms with van der Waals surface area (Å²) in [6.07, 6.45) is 11.5. The van der Waals surface area contributed by atoms with Crippen LogP contribution in [0.25, 0.3) is 0 Å². The molecule has 0 aromatic heterocycles. The third-order valence-electron chi connectivity index (χ3n) is 46.7. The number of hydrogen-bond donors (Lipinski definition) is 4. The molecule has 0 heterocycles. The van der Waals surface area contributed by atoms with Gasteiger partial charge in [0.2, 0.25) is 0 Å². The average Bonchev–Trinajstić information content (AvgIpc) is 1.48. The van der Waals surface area contributed by atoms with Crippen molar-refractivity contribution < 1.29 is 99.7 Å². The number of halogens is 15. The van der Waals surface area contributed by atoms with Crippen molar-refractivity contribution in [2.45, 2.75) is 284 Å². The molecule has 139 heavy (non-hydrogen) atoms. The zero-order valence-corrected chi connectivity index (χ0v) is 117. The summed E-state index contributed by atoms with van der Waals surface area (Å²) in [5.74, 6) is 42.1. The Morgan fingerprint density at radius 2 is 0.381 bits per heavy atom. The molecule has 52 unspecified atom stereocenters. The van der Waals surface area contributed by atoms with E-state index in [0.29, 0.717) is 90.8 Å². The van der Waals surface area contributed by atoms with Crippen LogP contribution in [-0.2, 0) is 26.6 Å². The van der Waals surface area contributed by atoms with E-state index in [1.807, 2.05) is 33.9 Å². The smallest absolute Gasteiger partial charge is 0.497 e. The molecule has 0 saturated heterocycles. The zero-order valence-electron chi connectivity index (χ0n) is 85.1. The Bertz CT molecular complexity index is 3920. The van der Waals surface area contributed by atoms with Crippen LogP contribution in [0.15, 0.2) is 0 Å². The molecule has 28 aliphatic rings. The minimum absolute atomic E-state index is 0. The summed E-state index contributed by atoms with van der Waals surface area (Å²) in [7, 11) is -0.284. The van der Waals surface area contributed by atoms with Crippen LogP contribution in [-0.4, -0.2) is 118 Å². The molecule has 778 valence electrons. The second-order valence-corrected chi connectivity index (χ2v) is 74.5. The summed E-state index contributed by atoms with van der Waals surface area (Å²) in [5.41, 5.74) is 0. The topological polar surface area (TPSA) is 136 Å². The quantitative estimate of drug-likeness (QED) is 0.0366. The number of rotatable bonds is 17. The Labute approximate surface area is 816 Å². The average molecular weight is 3110 g/mol. The van der Waals surface area contributed by atoms with Gasteiger partial charge in [-0.05, 0) is 478 Å². The fraction of sp³-hybridized carbons (Fsp3) is 0.962. The first-order chi connectivity index (χ1) is 63.6. The van der Waals surface area contributed by atoms with Crippen molar-refractivity contribution in [1.82, 2.24) is 0 Å². The number of alkyl halides is 12. The van der Waals surface area contributed by atoms with E-state index in [4.69, 9.17) is 59.8 Å². The van der Waals surface area contributed by atoms with Gasteiger partial charge in [0.1, 0.15) is 0 Å². The summed E-state index contributed by atoms with van der Waals surface area (Å²) in [6, 6.07) is -2.19. The minimum Gasteiger partial charge on any atom is -0.554 e. The standard InChI is InChI=1S/2C25H32F3O.2C20H26F3O.C7H18O3Si.C4H12O3Si.C4H12Si.CH3Cl3Si.4Rf/c2*26-25(27,28)18(29)6-11-4-12-5-13(11)22-17-8-16(21(12)22)23-14-7-15(24(17)23)20-10-2-1-9(3-10)19(14)20;2*21-20(22,23)15(24)6-10-4-11-5-12(10)19-14-7-13(18(11)19)16-8-1-2-9(3-8)17(14)16;1-5-8-11(4,9-6-2)10-7-3;1-5-8(4,6-2)7-3;2*1-5(2,3)4;;;;/h2*9-17,19-24,29H,1-8H2;2*8-14,16-19,24H,1-7H2;5-7H2,1-4H3;1-4H3;1-4H3;1H3;;;;/q4*-1;;;;;;;;. The van der Waals surface area contributed by atoms with Crippen molar-refractivity contribution in [3.05, 3.63) is 24.4 Å². The molecule has 28 bridgehead atoms. The molecule has 0 aliphatic heterocycles. The summed E-state index contributed by atoms with van der Waals surface area (Å²) in [5, 5.41) is 38.2. The molecule has 28 rings (SSSR count). The molecular weight excluding hydrogens is 2950 g/mol. The molecule has 0 spiro atoms. The molecule has 4 N–H and O–H groups in total. The van der Waals surface area contributed by atoms with E-state index in [-0.39, 0.29) is 49.4 Å². The van der Waals surface area contributed by atoms with E-state index in [0.717, 1.165) is 252 Å². The molecular formula is C106H161Cl3F12O10Rf4Si4-4. The van der Waals surface area contributed by atoms with E-state index in [1.165, 1.54) is 128 Å². The van der Waals surface area contributed by atoms with Crippen LogP contribution in [0.2, 0.25) is 45.8 Å². The number of aliphatic hydroxyl groups is 4. The van der Waals surface area contributed by atoms with Crippen LogP contribution >= 0.6 is 33.2 Å². The van der Waals surface area contributed by atoms with E-state index in [9.17, 15) is 73.1 Å². The van der Waals surface area contributed by atoms with Crippen molar-refractivity contribution in [2.24, 2.45) is 308 Å². The molecule has 33 heteroatoms. The summed E-state index contributed by atoms with van der Waals surface area (Å²) in [4.78, 5) is 0. The number of aliphatic hydroxyl groups excluding tert-OH is 4. The molecule has 0 aromatic carbocycles. The number of hydrogen-bond acceptors (Lipinski definition) is 10. The van der Waals surface area contributed by atoms with E-state index in [2.05, 4.69) is 26.2 Å². The second kappa shape index (κ2) is 37.9. The maximum Gasteiger partial charge on any atom is 0.497 e. The first-order valence-corrected chi connectivity index (χ1v) is 68.7. The Hall–Kier alpha value is -3.50. The van der Waals surface area contributed by atoms with Gasteiger partial charge in [-0.15, -0.1) is 58.9 Å². The first-order valence-electron chi connectivity index (χ1n) is 54.7. The first kappa shape index (κ1) is 107. The second-order valence-electron chi connectivity index (χ2n) is 52.9. The van der Waals surface area contributed by atoms with Crippen LogP contribution in [0.1, 0.15) is 213 Å². The third-order valence-corrected chi connectivity index (χ3v) is 51.4. The minimum atomic E-state index is -4.53. The van der Waals surface area contributed by atoms with Gasteiger partial charge in [0.05, 0.1) is 0 Å². The Morgan fingerprint density at radius 3 is 0.525 bits per heavy atom.